The number of alkyl halides is 1. The highest BCUT2D eigenvalue weighted by atomic mass is 35.5. The Bertz CT molecular complexity index is 554. The van der Waals surface area contributed by atoms with Crippen LogP contribution in [0.1, 0.15) is 30.6 Å². The minimum absolute atomic E-state index is 0.212. The van der Waals surface area contributed by atoms with Gasteiger partial charge in [0.15, 0.2) is 0 Å². The van der Waals surface area contributed by atoms with Crippen molar-refractivity contribution in [1.29, 1.82) is 0 Å². The topological polar surface area (TPSA) is 37.8 Å². The van der Waals surface area contributed by atoms with Gasteiger partial charge in [0.2, 0.25) is 0 Å². The van der Waals surface area contributed by atoms with Gasteiger partial charge in [0.05, 0.1) is 10.8 Å². The average molecular weight is 282 g/mol. The van der Waals surface area contributed by atoms with Crippen molar-refractivity contribution in [3.05, 3.63) is 17.3 Å². The molecule has 3 rings (SSSR count). The predicted molar refractivity (Wildman–Crippen MR) is 77.7 cm³/mol. The number of nitrogens with zero attached hydrogens (tertiary/aromatic N) is 2. The molecule has 2 aromatic heterocycles. The lowest BCUT2D eigenvalue weighted by Gasteiger charge is -2.28. The third-order valence-corrected chi connectivity index (χ3v) is 4.94. The van der Waals surface area contributed by atoms with E-state index in [2.05, 4.69) is 28.3 Å². The lowest BCUT2D eigenvalue weighted by molar-refractivity contribution is 0.469. The zero-order valence-electron chi connectivity index (χ0n) is 10.3. The van der Waals surface area contributed by atoms with Crippen molar-refractivity contribution >= 4 is 39.0 Å². The Kier molecular flexibility index (Phi) is 3.39. The van der Waals surface area contributed by atoms with E-state index in [0.717, 1.165) is 28.9 Å². The number of hydrogen-bond acceptors (Lipinski definition) is 4. The van der Waals surface area contributed by atoms with Crippen molar-refractivity contribution in [3.8, 4) is 0 Å². The summed E-state index contributed by atoms with van der Waals surface area (Å²) in [5, 5.41) is 4.84. The number of anilines is 1. The zero-order chi connectivity index (χ0) is 12.5. The lowest BCUT2D eigenvalue weighted by Crippen LogP contribution is -2.33. The van der Waals surface area contributed by atoms with E-state index in [0.29, 0.717) is 6.04 Å². The molecule has 1 N–H and O–H groups in total. The monoisotopic (exact) mass is 281 g/mol. The first-order valence-corrected chi connectivity index (χ1v) is 7.61. The van der Waals surface area contributed by atoms with Crippen molar-refractivity contribution in [1.82, 2.24) is 9.97 Å². The molecule has 2 unspecified atom stereocenters. The summed E-state index contributed by atoms with van der Waals surface area (Å²) in [6.45, 7) is 2.10. The molecule has 0 amide bonds. The molecule has 2 heterocycles. The van der Waals surface area contributed by atoms with Crippen LogP contribution in [0.4, 0.5) is 5.82 Å². The van der Waals surface area contributed by atoms with Crippen molar-refractivity contribution in [2.24, 2.45) is 0 Å². The third kappa shape index (κ3) is 2.31. The molecule has 0 spiro atoms. The Labute approximate surface area is 116 Å². The Morgan fingerprint density at radius 2 is 2.17 bits per heavy atom. The van der Waals surface area contributed by atoms with E-state index in [4.69, 9.17) is 11.6 Å². The number of aryl methyl sites for hydroxylation is 1. The van der Waals surface area contributed by atoms with Gasteiger partial charge in [-0.25, -0.2) is 9.97 Å². The molecule has 1 fully saturated rings. The molecule has 0 saturated heterocycles. The quantitative estimate of drug-likeness (QED) is 0.847. The van der Waals surface area contributed by atoms with Gasteiger partial charge in [0.1, 0.15) is 17.0 Å². The summed E-state index contributed by atoms with van der Waals surface area (Å²) in [4.78, 5) is 11.0. The number of fused-ring (bicyclic) bond motifs is 1. The highest BCUT2D eigenvalue weighted by Gasteiger charge is 2.24. The van der Waals surface area contributed by atoms with Gasteiger partial charge in [-0.05, 0) is 25.8 Å². The predicted octanol–water partition coefficient (Wildman–Crippen LogP) is 3.96. The molecule has 3 nitrogen and oxygen atoms in total. The smallest absolute Gasteiger partial charge is 0.138 e. The number of rotatable bonds is 2. The third-order valence-electron chi connectivity index (χ3n) is 3.46. The van der Waals surface area contributed by atoms with Crippen LogP contribution in [0.2, 0.25) is 0 Å². The maximum atomic E-state index is 6.39. The first-order valence-electron chi connectivity index (χ1n) is 6.36. The summed E-state index contributed by atoms with van der Waals surface area (Å²) in [6, 6.07) is 2.48. The molecule has 0 aliphatic heterocycles. The van der Waals surface area contributed by atoms with E-state index >= 15 is 0 Å². The van der Waals surface area contributed by atoms with Crippen molar-refractivity contribution in [2.45, 2.75) is 44.0 Å². The summed E-state index contributed by atoms with van der Waals surface area (Å²) >= 11 is 8.09. The summed E-state index contributed by atoms with van der Waals surface area (Å²) < 4.78 is 0. The van der Waals surface area contributed by atoms with E-state index in [-0.39, 0.29) is 5.38 Å². The first kappa shape index (κ1) is 12.2. The van der Waals surface area contributed by atoms with Crippen molar-refractivity contribution in [3.63, 3.8) is 0 Å². The van der Waals surface area contributed by atoms with E-state index in [1.54, 1.807) is 17.7 Å². The molecule has 1 aliphatic carbocycles. The van der Waals surface area contributed by atoms with Gasteiger partial charge < -0.3 is 5.32 Å². The van der Waals surface area contributed by atoms with Crippen LogP contribution in [0.5, 0.6) is 0 Å². The van der Waals surface area contributed by atoms with Crippen LogP contribution in [0.3, 0.4) is 0 Å². The summed E-state index contributed by atoms with van der Waals surface area (Å²) in [7, 11) is 0. The number of aromatic nitrogens is 2. The van der Waals surface area contributed by atoms with E-state index in [1.807, 2.05) is 0 Å². The summed E-state index contributed by atoms with van der Waals surface area (Å²) in [5.74, 6) is 0.932. The van der Waals surface area contributed by atoms with Gasteiger partial charge in [-0.1, -0.05) is 12.8 Å². The zero-order valence-corrected chi connectivity index (χ0v) is 11.9. The minimum Gasteiger partial charge on any atom is -0.365 e. The standard InChI is InChI=1S/C13H16ClN3S/c1-8-6-9-12(15-7-16-13(9)18-8)17-11-5-3-2-4-10(11)14/h6-7,10-11H,2-5H2,1H3,(H,15,16,17). The summed E-state index contributed by atoms with van der Waals surface area (Å²) in [6.07, 6.45) is 6.34. The Balaban J connectivity index is 1.89. The van der Waals surface area contributed by atoms with Gasteiger partial charge in [-0.3, -0.25) is 0 Å². The molecule has 1 aliphatic rings. The largest absolute Gasteiger partial charge is 0.365 e. The molecule has 96 valence electrons. The van der Waals surface area contributed by atoms with Crippen LogP contribution >= 0.6 is 22.9 Å². The van der Waals surface area contributed by atoms with Crippen LogP contribution < -0.4 is 5.32 Å². The normalized spacial score (nSPS) is 24.3. The molecule has 5 heteroatoms. The van der Waals surface area contributed by atoms with Crippen molar-refractivity contribution < 1.29 is 0 Å². The maximum Gasteiger partial charge on any atom is 0.138 e. The van der Waals surface area contributed by atoms with E-state index in [9.17, 15) is 0 Å². The highest BCUT2D eigenvalue weighted by Crippen LogP contribution is 2.31. The van der Waals surface area contributed by atoms with Gasteiger partial charge in [-0.15, -0.1) is 22.9 Å². The number of nitrogens with one attached hydrogen (secondary N) is 1. The molecule has 0 aromatic carbocycles. The Hall–Kier alpha value is -0.870. The number of hydrogen-bond donors (Lipinski definition) is 1. The number of halogens is 1. The SMILES string of the molecule is Cc1cc2c(NC3CCCCC3Cl)ncnc2s1. The first-order chi connectivity index (χ1) is 8.74. The van der Waals surface area contributed by atoms with E-state index in [1.165, 1.54) is 17.7 Å². The Morgan fingerprint density at radius 3 is 3.00 bits per heavy atom. The molecule has 2 atom stereocenters. The second-order valence-electron chi connectivity index (χ2n) is 4.85. The van der Waals surface area contributed by atoms with Gasteiger partial charge in [0.25, 0.3) is 0 Å². The molecule has 2 aromatic rings. The summed E-state index contributed by atoms with van der Waals surface area (Å²) in [5.41, 5.74) is 0. The molecule has 18 heavy (non-hydrogen) atoms. The van der Waals surface area contributed by atoms with Gasteiger partial charge >= 0.3 is 0 Å². The fourth-order valence-electron chi connectivity index (χ4n) is 2.51. The van der Waals surface area contributed by atoms with Crippen LogP contribution in [0, 0.1) is 6.92 Å². The molecular weight excluding hydrogens is 266 g/mol. The molecular formula is C13H16ClN3S. The van der Waals surface area contributed by atoms with E-state index < -0.39 is 0 Å². The van der Waals surface area contributed by atoms with Crippen LogP contribution in [0.15, 0.2) is 12.4 Å². The van der Waals surface area contributed by atoms with Crippen LogP contribution in [-0.4, -0.2) is 21.4 Å². The highest BCUT2D eigenvalue weighted by molar-refractivity contribution is 7.18. The minimum atomic E-state index is 0.212. The Morgan fingerprint density at radius 1 is 1.33 bits per heavy atom. The fourth-order valence-corrected chi connectivity index (χ4v) is 3.71. The maximum absolute atomic E-state index is 6.39. The molecule has 0 bridgehead atoms. The fraction of sp³-hybridized carbons (Fsp3) is 0.538. The van der Waals surface area contributed by atoms with Crippen LogP contribution in [0.25, 0.3) is 10.2 Å². The van der Waals surface area contributed by atoms with Gasteiger partial charge in [-0.2, -0.15) is 0 Å². The second-order valence-corrected chi connectivity index (χ2v) is 6.64. The van der Waals surface area contributed by atoms with Crippen LogP contribution in [-0.2, 0) is 0 Å². The second kappa shape index (κ2) is 5.02. The average Bonchev–Trinajstić information content (AvgIpc) is 2.73. The number of thiophene rings is 1. The lowest BCUT2D eigenvalue weighted by atomic mass is 9.95. The molecule has 0 radical (unpaired) electrons. The van der Waals surface area contributed by atoms with Crippen molar-refractivity contribution in [2.75, 3.05) is 5.32 Å². The molecule has 1 saturated carbocycles. The van der Waals surface area contributed by atoms with Gasteiger partial charge in [0, 0.05) is 10.9 Å².